The molecule has 1 aliphatic carbocycles. The predicted octanol–water partition coefficient (Wildman–Crippen LogP) is 4.22. The minimum atomic E-state index is -0.644. The molecule has 102 valence electrons. The van der Waals surface area contributed by atoms with Gasteiger partial charge in [-0.3, -0.25) is 0 Å². The van der Waals surface area contributed by atoms with Crippen LogP contribution in [-0.4, -0.2) is 13.2 Å². The monoisotopic (exact) mass is 274 g/mol. The van der Waals surface area contributed by atoms with Crippen LogP contribution in [0.15, 0.2) is 54.6 Å². The molecule has 1 heterocycles. The van der Waals surface area contributed by atoms with Gasteiger partial charge < -0.3 is 9.47 Å². The van der Waals surface area contributed by atoms with Crippen LogP contribution in [0.4, 0.5) is 0 Å². The largest absolute Gasteiger partial charge is 0.340 e. The summed E-state index contributed by atoms with van der Waals surface area (Å²) in [7, 11) is 0. The van der Waals surface area contributed by atoms with E-state index in [-0.39, 0.29) is 0 Å². The van der Waals surface area contributed by atoms with E-state index in [1.54, 1.807) is 0 Å². The third kappa shape index (κ3) is 1.44. The van der Waals surface area contributed by atoms with E-state index < -0.39 is 5.79 Å². The molecule has 5 rings (SSSR count). The second kappa shape index (κ2) is 3.94. The lowest BCUT2D eigenvalue weighted by atomic mass is 9.95. The summed E-state index contributed by atoms with van der Waals surface area (Å²) in [6.45, 7) is 1.30. The molecule has 3 aromatic rings. The first kappa shape index (κ1) is 11.5. The molecule has 0 unspecified atom stereocenters. The number of ether oxygens (including phenoxy) is 2. The van der Waals surface area contributed by atoms with Gasteiger partial charge in [0.05, 0.1) is 13.2 Å². The first-order chi connectivity index (χ1) is 10.4. The maximum atomic E-state index is 5.86. The molecule has 1 aliphatic heterocycles. The van der Waals surface area contributed by atoms with Gasteiger partial charge in [0, 0.05) is 5.56 Å². The highest BCUT2D eigenvalue weighted by atomic mass is 16.7. The van der Waals surface area contributed by atoms with Gasteiger partial charge >= 0.3 is 0 Å². The van der Waals surface area contributed by atoms with E-state index in [0.29, 0.717) is 13.2 Å². The lowest BCUT2D eigenvalue weighted by Crippen LogP contribution is -2.22. The van der Waals surface area contributed by atoms with Crippen molar-refractivity contribution in [3.63, 3.8) is 0 Å². The molecule has 21 heavy (non-hydrogen) atoms. The minimum Gasteiger partial charge on any atom is -0.340 e. The number of fused-ring (bicyclic) bond motifs is 6. The predicted molar refractivity (Wildman–Crippen MR) is 84.1 cm³/mol. The molecule has 2 aliphatic rings. The van der Waals surface area contributed by atoms with Crippen molar-refractivity contribution in [2.45, 2.75) is 5.79 Å². The molecule has 0 bridgehead atoms. The quantitative estimate of drug-likeness (QED) is 0.571. The van der Waals surface area contributed by atoms with Crippen LogP contribution in [0.3, 0.4) is 0 Å². The van der Waals surface area contributed by atoms with E-state index in [9.17, 15) is 0 Å². The molecular weight excluding hydrogens is 260 g/mol. The molecule has 0 atom stereocenters. The molecule has 1 spiro atoms. The molecule has 0 N–H and O–H groups in total. The highest BCUT2D eigenvalue weighted by Crippen LogP contribution is 2.44. The number of hydrogen-bond acceptors (Lipinski definition) is 2. The van der Waals surface area contributed by atoms with Crippen LogP contribution >= 0.6 is 0 Å². The highest BCUT2D eigenvalue weighted by Gasteiger charge is 2.41. The van der Waals surface area contributed by atoms with Crippen LogP contribution in [0.1, 0.15) is 11.1 Å². The Morgan fingerprint density at radius 1 is 0.762 bits per heavy atom. The second-order valence-corrected chi connectivity index (χ2v) is 5.61. The van der Waals surface area contributed by atoms with Crippen molar-refractivity contribution in [2.75, 3.05) is 13.2 Å². The Morgan fingerprint density at radius 2 is 1.57 bits per heavy atom. The molecule has 0 aromatic heterocycles. The van der Waals surface area contributed by atoms with Gasteiger partial charge in [-0.1, -0.05) is 54.6 Å². The third-order valence-corrected chi connectivity index (χ3v) is 4.53. The molecule has 1 fully saturated rings. The van der Waals surface area contributed by atoms with E-state index in [2.05, 4.69) is 54.6 Å². The lowest BCUT2D eigenvalue weighted by Gasteiger charge is -2.22. The number of hydrogen-bond donors (Lipinski definition) is 0. The molecule has 2 nitrogen and oxygen atoms in total. The first-order valence-electron chi connectivity index (χ1n) is 7.29. The topological polar surface area (TPSA) is 18.5 Å². The van der Waals surface area contributed by atoms with Crippen molar-refractivity contribution < 1.29 is 9.47 Å². The van der Waals surface area contributed by atoms with Crippen LogP contribution in [0.2, 0.25) is 0 Å². The average molecular weight is 274 g/mol. The zero-order valence-electron chi connectivity index (χ0n) is 11.5. The van der Waals surface area contributed by atoms with Gasteiger partial charge in [-0.2, -0.15) is 0 Å². The molecular formula is C19H14O2. The van der Waals surface area contributed by atoms with Crippen molar-refractivity contribution in [1.29, 1.82) is 0 Å². The molecule has 0 amide bonds. The summed E-state index contributed by atoms with van der Waals surface area (Å²) < 4.78 is 11.7. The van der Waals surface area contributed by atoms with Gasteiger partial charge in [-0.15, -0.1) is 0 Å². The summed E-state index contributed by atoms with van der Waals surface area (Å²) in [6, 6.07) is 17.2. The van der Waals surface area contributed by atoms with E-state index in [0.717, 1.165) is 5.56 Å². The van der Waals surface area contributed by atoms with Crippen LogP contribution in [0, 0.1) is 0 Å². The van der Waals surface area contributed by atoms with Gasteiger partial charge in [-0.05, 0) is 33.2 Å². The zero-order chi connectivity index (χ0) is 13.9. The van der Waals surface area contributed by atoms with E-state index in [4.69, 9.17) is 9.47 Å². The Hall–Kier alpha value is -2.16. The molecule has 2 heteroatoms. The van der Waals surface area contributed by atoms with E-state index in [1.165, 1.54) is 27.1 Å². The van der Waals surface area contributed by atoms with Crippen LogP contribution in [-0.2, 0) is 15.3 Å². The van der Waals surface area contributed by atoms with Crippen molar-refractivity contribution in [3.05, 3.63) is 65.7 Å². The van der Waals surface area contributed by atoms with Crippen LogP contribution in [0.25, 0.3) is 27.6 Å². The summed E-state index contributed by atoms with van der Waals surface area (Å²) in [6.07, 6.45) is 4.18. The van der Waals surface area contributed by atoms with E-state index in [1.807, 2.05) is 6.08 Å². The molecule has 0 radical (unpaired) electrons. The Morgan fingerprint density at radius 3 is 2.48 bits per heavy atom. The Bertz CT molecular complexity index is 902. The van der Waals surface area contributed by atoms with Gasteiger partial charge in [0.25, 0.3) is 0 Å². The third-order valence-electron chi connectivity index (χ3n) is 4.53. The van der Waals surface area contributed by atoms with Gasteiger partial charge in [0.1, 0.15) is 0 Å². The fraction of sp³-hybridized carbons (Fsp3) is 0.158. The normalized spacial score (nSPS) is 18.9. The SMILES string of the molecule is C1=CC2(OCCO2)c2ccc3c(ccc4ccccc43)c21. The maximum Gasteiger partial charge on any atom is 0.216 e. The van der Waals surface area contributed by atoms with Crippen molar-refractivity contribution in [2.24, 2.45) is 0 Å². The van der Waals surface area contributed by atoms with Gasteiger partial charge in [0.15, 0.2) is 0 Å². The van der Waals surface area contributed by atoms with Crippen molar-refractivity contribution >= 4 is 27.6 Å². The summed E-state index contributed by atoms with van der Waals surface area (Å²) in [4.78, 5) is 0. The smallest absolute Gasteiger partial charge is 0.216 e. The van der Waals surface area contributed by atoms with Crippen molar-refractivity contribution in [1.82, 2.24) is 0 Å². The van der Waals surface area contributed by atoms with Crippen molar-refractivity contribution in [3.8, 4) is 0 Å². The van der Waals surface area contributed by atoms with Crippen LogP contribution < -0.4 is 0 Å². The molecule has 3 aromatic carbocycles. The summed E-state index contributed by atoms with van der Waals surface area (Å²) in [5.74, 6) is -0.644. The Labute approximate surface area is 122 Å². The van der Waals surface area contributed by atoms with E-state index >= 15 is 0 Å². The number of benzene rings is 3. The first-order valence-corrected chi connectivity index (χ1v) is 7.29. The second-order valence-electron chi connectivity index (χ2n) is 5.61. The average Bonchev–Trinajstić information content (AvgIpc) is 3.16. The summed E-state index contributed by atoms with van der Waals surface area (Å²) in [5.41, 5.74) is 2.35. The standard InChI is InChI=1S/C19H14O2/c1-2-4-14-13(3-1)5-6-16-15(14)7-8-18-17(16)9-10-19(18)20-11-12-21-19/h1-10H,11-12H2. The Kier molecular flexibility index (Phi) is 2.16. The van der Waals surface area contributed by atoms with Crippen LogP contribution in [0.5, 0.6) is 0 Å². The summed E-state index contributed by atoms with van der Waals surface area (Å²) >= 11 is 0. The zero-order valence-corrected chi connectivity index (χ0v) is 11.5. The fourth-order valence-electron chi connectivity index (χ4n) is 3.56. The maximum absolute atomic E-state index is 5.86. The number of rotatable bonds is 0. The molecule has 0 saturated carbocycles. The fourth-order valence-corrected chi connectivity index (χ4v) is 3.56. The van der Waals surface area contributed by atoms with Gasteiger partial charge in [-0.25, -0.2) is 0 Å². The minimum absolute atomic E-state index is 0.644. The summed E-state index contributed by atoms with van der Waals surface area (Å²) in [5, 5.41) is 5.11. The molecule has 1 saturated heterocycles. The highest BCUT2D eigenvalue weighted by molar-refractivity contribution is 6.10. The lowest BCUT2D eigenvalue weighted by molar-refractivity contribution is -0.120. The Balaban J connectivity index is 1.86. The van der Waals surface area contributed by atoms with Gasteiger partial charge in [0.2, 0.25) is 5.79 Å².